The van der Waals surface area contributed by atoms with Crippen LogP contribution in [0, 0.1) is 0 Å². The lowest BCUT2D eigenvalue weighted by Gasteiger charge is -2.07. The fraction of sp³-hybridized carbons (Fsp3) is 0.500. The summed E-state index contributed by atoms with van der Waals surface area (Å²) in [4.78, 5) is 11.8. The summed E-state index contributed by atoms with van der Waals surface area (Å²) < 4.78 is 10.5. The second kappa shape index (κ2) is 9.35. The quantitative estimate of drug-likeness (QED) is 0.658. The van der Waals surface area contributed by atoms with Crippen molar-refractivity contribution in [3.05, 3.63) is 29.8 Å². The van der Waals surface area contributed by atoms with Gasteiger partial charge in [0.25, 0.3) is 5.91 Å². The molecular weight excluding hydrogens is 244 g/mol. The predicted octanol–water partition coefficient (Wildman–Crippen LogP) is 1.18. The molecule has 19 heavy (non-hydrogen) atoms. The van der Waals surface area contributed by atoms with E-state index in [2.05, 4.69) is 5.32 Å². The van der Waals surface area contributed by atoms with E-state index in [1.54, 1.807) is 24.3 Å². The second-order valence-corrected chi connectivity index (χ2v) is 3.97. The van der Waals surface area contributed by atoms with Gasteiger partial charge in [-0.15, -0.1) is 0 Å². The second-order valence-electron chi connectivity index (χ2n) is 3.97. The zero-order valence-corrected chi connectivity index (χ0v) is 11.4. The lowest BCUT2D eigenvalue weighted by Crippen LogP contribution is -2.25. The lowest BCUT2D eigenvalue weighted by molar-refractivity contribution is 0.0943. The first-order valence-electron chi connectivity index (χ1n) is 6.56. The highest BCUT2D eigenvalue weighted by atomic mass is 16.5. The Morgan fingerprint density at radius 3 is 2.63 bits per heavy atom. The molecule has 1 aromatic carbocycles. The van der Waals surface area contributed by atoms with Gasteiger partial charge in [0.2, 0.25) is 0 Å². The molecule has 0 aliphatic carbocycles. The van der Waals surface area contributed by atoms with Crippen LogP contribution in [0.2, 0.25) is 0 Å². The minimum atomic E-state index is -0.0816. The molecule has 1 aromatic rings. The number of hydrogen-bond donors (Lipinski definition) is 2. The normalized spacial score (nSPS) is 10.2. The molecule has 0 saturated carbocycles. The van der Waals surface area contributed by atoms with Crippen LogP contribution in [0.25, 0.3) is 0 Å². The molecule has 0 bridgehead atoms. The van der Waals surface area contributed by atoms with Gasteiger partial charge in [0.15, 0.2) is 0 Å². The Morgan fingerprint density at radius 1 is 1.26 bits per heavy atom. The van der Waals surface area contributed by atoms with Crippen LogP contribution >= 0.6 is 0 Å². The number of ether oxygens (including phenoxy) is 2. The third-order valence-electron chi connectivity index (χ3n) is 2.44. The summed E-state index contributed by atoms with van der Waals surface area (Å²) in [6, 6.07) is 7.10. The molecule has 1 rings (SSSR count). The molecular formula is C14H22N2O3. The average Bonchev–Trinajstić information content (AvgIpc) is 2.43. The summed E-state index contributed by atoms with van der Waals surface area (Å²) in [5.74, 6) is 0.691. The molecule has 106 valence electrons. The van der Waals surface area contributed by atoms with Crippen LogP contribution in [-0.2, 0) is 4.74 Å². The van der Waals surface area contributed by atoms with Crippen molar-refractivity contribution in [3.63, 3.8) is 0 Å². The van der Waals surface area contributed by atoms with Gasteiger partial charge >= 0.3 is 0 Å². The van der Waals surface area contributed by atoms with Crippen LogP contribution in [0.4, 0.5) is 0 Å². The SMILES string of the molecule is CCOc1ccc(C(=O)NCCCOCCN)cc1. The third-order valence-corrected chi connectivity index (χ3v) is 2.44. The molecule has 0 aliphatic heterocycles. The zero-order chi connectivity index (χ0) is 13.9. The van der Waals surface area contributed by atoms with Gasteiger partial charge in [0, 0.05) is 25.3 Å². The van der Waals surface area contributed by atoms with Crippen molar-refractivity contribution >= 4 is 5.91 Å². The molecule has 0 aromatic heterocycles. The highest BCUT2D eigenvalue weighted by Gasteiger charge is 2.04. The largest absolute Gasteiger partial charge is 0.494 e. The highest BCUT2D eigenvalue weighted by molar-refractivity contribution is 5.94. The third kappa shape index (κ3) is 6.22. The monoisotopic (exact) mass is 266 g/mol. The number of benzene rings is 1. The molecule has 0 heterocycles. The van der Waals surface area contributed by atoms with Crippen molar-refractivity contribution in [3.8, 4) is 5.75 Å². The van der Waals surface area contributed by atoms with Gasteiger partial charge in [-0.2, -0.15) is 0 Å². The van der Waals surface area contributed by atoms with E-state index in [9.17, 15) is 4.79 Å². The van der Waals surface area contributed by atoms with E-state index >= 15 is 0 Å². The molecule has 3 N–H and O–H groups in total. The Bertz CT molecular complexity index is 365. The van der Waals surface area contributed by atoms with Gasteiger partial charge in [-0.1, -0.05) is 0 Å². The molecule has 0 radical (unpaired) electrons. The van der Waals surface area contributed by atoms with Crippen molar-refractivity contribution in [2.24, 2.45) is 5.73 Å². The van der Waals surface area contributed by atoms with Gasteiger partial charge in [0.1, 0.15) is 5.75 Å². The first-order valence-corrected chi connectivity index (χ1v) is 6.56. The van der Waals surface area contributed by atoms with Gasteiger partial charge in [0.05, 0.1) is 13.2 Å². The van der Waals surface area contributed by atoms with E-state index in [0.717, 1.165) is 12.2 Å². The Morgan fingerprint density at radius 2 is 2.00 bits per heavy atom. The maximum atomic E-state index is 11.8. The predicted molar refractivity (Wildman–Crippen MR) is 74.4 cm³/mol. The summed E-state index contributed by atoms with van der Waals surface area (Å²) in [6.45, 7) is 4.84. The van der Waals surface area contributed by atoms with E-state index < -0.39 is 0 Å². The highest BCUT2D eigenvalue weighted by Crippen LogP contribution is 2.11. The van der Waals surface area contributed by atoms with E-state index in [0.29, 0.717) is 38.5 Å². The minimum Gasteiger partial charge on any atom is -0.494 e. The number of nitrogens with two attached hydrogens (primary N) is 1. The molecule has 0 saturated heterocycles. The molecule has 5 nitrogen and oxygen atoms in total. The van der Waals surface area contributed by atoms with Gasteiger partial charge < -0.3 is 20.5 Å². The maximum absolute atomic E-state index is 11.8. The Balaban J connectivity index is 2.25. The lowest BCUT2D eigenvalue weighted by atomic mass is 10.2. The summed E-state index contributed by atoms with van der Waals surface area (Å²) in [5, 5.41) is 2.84. The Labute approximate surface area is 114 Å². The fourth-order valence-corrected chi connectivity index (χ4v) is 1.53. The molecule has 0 fully saturated rings. The van der Waals surface area contributed by atoms with Crippen LogP contribution in [0.5, 0.6) is 5.75 Å². The van der Waals surface area contributed by atoms with Gasteiger partial charge in [-0.25, -0.2) is 0 Å². The van der Waals surface area contributed by atoms with Crippen molar-refractivity contribution in [2.75, 3.05) is 32.9 Å². The van der Waals surface area contributed by atoms with Crippen molar-refractivity contribution in [1.82, 2.24) is 5.32 Å². The van der Waals surface area contributed by atoms with E-state index in [1.165, 1.54) is 0 Å². The Hall–Kier alpha value is -1.59. The number of nitrogens with one attached hydrogen (secondary N) is 1. The van der Waals surface area contributed by atoms with E-state index in [1.807, 2.05) is 6.92 Å². The number of amides is 1. The van der Waals surface area contributed by atoms with Crippen LogP contribution in [0.1, 0.15) is 23.7 Å². The summed E-state index contributed by atoms with van der Waals surface area (Å²) in [6.07, 6.45) is 0.781. The Kier molecular flexibility index (Phi) is 7.62. The topological polar surface area (TPSA) is 73.6 Å². The molecule has 0 atom stereocenters. The van der Waals surface area contributed by atoms with Gasteiger partial charge in [-0.05, 0) is 37.6 Å². The van der Waals surface area contributed by atoms with Crippen LogP contribution in [0.15, 0.2) is 24.3 Å². The molecule has 5 heteroatoms. The smallest absolute Gasteiger partial charge is 0.251 e. The van der Waals surface area contributed by atoms with Crippen molar-refractivity contribution < 1.29 is 14.3 Å². The zero-order valence-electron chi connectivity index (χ0n) is 11.4. The summed E-state index contributed by atoms with van der Waals surface area (Å²) in [7, 11) is 0. The molecule has 0 spiro atoms. The van der Waals surface area contributed by atoms with Crippen LogP contribution < -0.4 is 15.8 Å². The number of carbonyl (C=O) groups excluding carboxylic acids is 1. The number of hydrogen-bond acceptors (Lipinski definition) is 4. The summed E-state index contributed by atoms with van der Waals surface area (Å²) in [5.41, 5.74) is 5.93. The molecule has 0 aliphatic rings. The molecule has 1 amide bonds. The minimum absolute atomic E-state index is 0.0816. The van der Waals surface area contributed by atoms with E-state index in [-0.39, 0.29) is 5.91 Å². The van der Waals surface area contributed by atoms with Gasteiger partial charge in [-0.3, -0.25) is 4.79 Å². The van der Waals surface area contributed by atoms with Crippen LogP contribution in [0.3, 0.4) is 0 Å². The van der Waals surface area contributed by atoms with E-state index in [4.69, 9.17) is 15.2 Å². The molecule has 0 unspecified atom stereocenters. The fourth-order valence-electron chi connectivity index (χ4n) is 1.53. The standard InChI is InChI=1S/C14H22N2O3/c1-2-19-13-6-4-12(5-7-13)14(17)16-9-3-10-18-11-8-15/h4-7H,2-3,8-11,15H2,1H3,(H,16,17). The number of rotatable bonds is 9. The first kappa shape index (κ1) is 15.5. The number of carbonyl (C=O) groups is 1. The van der Waals surface area contributed by atoms with Crippen molar-refractivity contribution in [2.45, 2.75) is 13.3 Å². The summed E-state index contributed by atoms with van der Waals surface area (Å²) >= 11 is 0. The maximum Gasteiger partial charge on any atom is 0.251 e. The first-order chi connectivity index (χ1) is 9.27. The van der Waals surface area contributed by atoms with Crippen LogP contribution in [-0.4, -0.2) is 38.8 Å². The van der Waals surface area contributed by atoms with Crippen molar-refractivity contribution in [1.29, 1.82) is 0 Å². The average molecular weight is 266 g/mol.